The van der Waals surface area contributed by atoms with E-state index in [2.05, 4.69) is 5.32 Å². The second kappa shape index (κ2) is 7.23. The number of ether oxygens (including phenoxy) is 1. The highest BCUT2D eigenvalue weighted by Crippen LogP contribution is 2.19. The summed E-state index contributed by atoms with van der Waals surface area (Å²) in [6.45, 7) is 2.01. The molecule has 0 unspecified atom stereocenters. The van der Waals surface area contributed by atoms with Crippen molar-refractivity contribution in [1.82, 2.24) is 4.90 Å². The van der Waals surface area contributed by atoms with Crippen molar-refractivity contribution in [3.8, 4) is 0 Å². The Labute approximate surface area is 139 Å². The fraction of sp³-hybridized carbons (Fsp3) is 0.222. The second-order valence-corrected chi connectivity index (χ2v) is 5.38. The highest BCUT2D eigenvalue weighted by molar-refractivity contribution is 6.09. The first-order chi connectivity index (χ1) is 11.7. The fourth-order valence-corrected chi connectivity index (χ4v) is 2.55. The molecule has 24 heavy (non-hydrogen) atoms. The SMILES string of the molecule is O=C(Nc1ccccc1C(=O)N1CCOCC1)c1ccccc1F. The number of nitrogens with one attached hydrogen (secondary N) is 1. The molecule has 0 aliphatic carbocycles. The molecule has 3 rings (SSSR count). The fourth-order valence-electron chi connectivity index (χ4n) is 2.55. The van der Waals surface area contributed by atoms with E-state index in [-0.39, 0.29) is 11.5 Å². The zero-order valence-electron chi connectivity index (χ0n) is 13.0. The van der Waals surface area contributed by atoms with Crippen LogP contribution in [0.4, 0.5) is 10.1 Å². The number of hydrogen-bond acceptors (Lipinski definition) is 3. The summed E-state index contributed by atoms with van der Waals surface area (Å²) in [5.41, 5.74) is 0.678. The maximum absolute atomic E-state index is 13.7. The smallest absolute Gasteiger partial charge is 0.258 e. The van der Waals surface area contributed by atoms with E-state index < -0.39 is 11.7 Å². The van der Waals surface area contributed by atoms with Gasteiger partial charge in [-0.1, -0.05) is 24.3 Å². The zero-order chi connectivity index (χ0) is 16.9. The largest absolute Gasteiger partial charge is 0.378 e. The minimum atomic E-state index is -0.605. The molecule has 6 heteroatoms. The number of morpholine rings is 1. The molecule has 1 aliphatic rings. The average Bonchev–Trinajstić information content (AvgIpc) is 2.62. The van der Waals surface area contributed by atoms with Gasteiger partial charge >= 0.3 is 0 Å². The molecule has 1 aliphatic heterocycles. The number of carbonyl (C=O) groups is 2. The number of benzene rings is 2. The van der Waals surface area contributed by atoms with E-state index in [9.17, 15) is 14.0 Å². The molecule has 0 bridgehead atoms. The van der Waals surface area contributed by atoms with Gasteiger partial charge in [-0.05, 0) is 24.3 Å². The summed E-state index contributed by atoms with van der Waals surface area (Å²) in [5, 5.41) is 2.63. The molecule has 5 nitrogen and oxygen atoms in total. The molecule has 0 radical (unpaired) electrons. The molecule has 124 valence electrons. The summed E-state index contributed by atoms with van der Waals surface area (Å²) < 4.78 is 19.0. The van der Waals surface area contributed by atoms with Crippen LogP contribution in [0.2, 0.25) is 0 Å². The topological polar surface area (TPSA) is 58.6 Å². The molecule has 1 fully saturated rings. The summed E-state index contributed by atoms with van der Waals surface area (Å²) in [6.07, 6.45) is 0. The van der Waals surface area contributed by atoms with E-state index in [1.807, 2.05) is 0 Å². The summed E-state index contributed by atoms with van der Waals surface area (Å²) >= 11 is 0. The highest BCUT2D eigenvalue weighted by atomic mass is 19.1. The number of nitrogens with zero attached hydrogens (tertiary/aromatic N) is 1. The molecule has 0 spiro atoms. The Morgan fingerprint density at radius 2 is 1.58 bits per heavy atom. The summed E-state index contributed by atoms with van der Waals surface area (Å²) in [5.74, 6) is -1.37. The standard InChI is InChI=1S/C18H17FN2O3/c19-15-7-3-1-5-13(15)17(22)20-16-8-4-2-6-14(16)18(23)21-9-11-24-12-10-21/h1-8H,9-12H2,(H,20,22). The van der Waals surface area contributed by atoms with Gasteiger partial charge < -0.3 is 15.0 Å². The third kappa shape index (κ3) is 3.44. The van der Waals surface area contributed by atoms with Crippen molar-refractivity contribution in [3.63, 3.8) is 0 Å². The predicted molar refractivity (Wildman–Crippen MR) is 87.5 cm³/mol. The minimum absolute atomic E-state index is 0.0638. The van der Waals surface area contributed by atoms with Crippen molar-refractivity contribution in [2.45, 2.75) is 0 Å². The van der Waals surface area contributed by atoms with Crippen LogP contribution in [-0.4, -0.2) is 43.0 Å². The van der Waals surface area contributed by atoms with Crippen LogP contribution >= 0.6 is 0 Å². The number of hydrogen-bond donors (Lipinski definition) is 1. The predicted octanol–water partition coefficient (Wildman–Crippen LogP) is 2.55. The Morgan fingerprint density at radius 1 is 0.958 bits per heavy atom. The van der Waals surface area contributed by atoms with E-state index in [0.29, 0.717) is 37.6 Å². The van der Waals surface area contributed by atoms with Crippen molar-refractivity contribution >= 4 is 17.5 Å². The monoisotopic (exact) mass is 328 g/mol. The molecule has 0 atom stereocenters. The van der Waals surface area contributed by atoms with Gasteiger partial charge in [0.2, 0.25) is 0 Å². The summed E-state index contributed by atoms with van der Waals surface area (Å²) in [4.78, 5) is 26.6. The zero-order valence-corrected chi connectivity index (χ0v) is 13.0. The van der Waals surface area contributed by atoms with E-state index in [4.69, 9.17) is 4.74 Å². The lowest BCUT2D eigenvalue weighted by atomic mass is 10.1. The van der Waals surface area contributed by atoms with E-state index in [1.165, 1.54) is 18.2 Å². The number of para-hydroxylation sites is 1. The van der Waals surface area contributed by atoms with Crippen LogP contribution in [0.25, 0.3) is 0 Å². The third-order valence-corrected chi connectivity index (χ3v) is 3.82. The first-order valence-electron chi connectivity index (χ1n) is 7.69. The van der Waals surface area contributed by atoms with Gasteiger partial charge in [0.1, 0.15) is 5.82 Å². The molecule has 1 saturated heterocycles. The van der Waals surface area contributed by atoms with Gasteiger partial charge in [0.05, 0.1) is 30.0 Å². The Kier molecular flexibility index (Phi) is 4.86. The molecule has 2 aromatic rings. The lowest BCUT2D eigenvalue weighted by Crippen LogP contribution is -2.41. The van der Waals surface area contributed by atoms with Crippen LogP contribution in [0.5, 0.6) is 0 Å². The van der Waals surface area contributed by atoms with E-state index in [0.717, 1.165) is 0 Å². The quantitative estimate of drug-likeness (QED) is 0.942. The number of halogens is 1. The lowest BCUT2D eigenvalue weighted by Gasteiger charge is -2.27. The molecule has 1 heterocycles. The number of amides is 2. The molecule has 2 amide bonds. The summed E-state index contributed by atoms with van der Waals surface area (Å²) in [7, 11) is 0. The normalized spacial score (nSPS) is 14.3. The Hall–Kier alpha value is -2.73. The maximum Gasteiger partial charge on any atom is 0.258 e. The van der Waals surface area contributed by atoms with Gasteiger partial charge in [-0.3, -0.25) is 9.59 Å². The van der Waals surface area contributed by atoms with Crippen molar-refractivity contribution in [2.75, 3.05) is 31.6 Å². The van der Waals surface area contributed by atoms with Gasteiger partial charge in [0.25, 0.3) is 11.8 Å². The molecule has 0 aromatic heterocycles. The second-order valence-electron chi connectivity index (χ2n) is 5.38. The van der Waals surface area contributed by atoms with Crippen molar-refractivity contribution < 1.29 is 18.7 Å². The first kappa shape index (κ1) is 16.1. The first-order valence-corrected chi connectivity index (χ1v) is 7.69. The van der Waals surface area contributed by atoms with Crippen molar-refractivity contribution in [2.24, 2.45) is 0 Å². The Balaban J connectivity index is 1.83. The third-order valence-electron chi connectivity index (χ3n) is 3.82. The van der Waals surface area contributed by atoms with E-state index >= 15 is 0 Å². The minimum Gasteiger partial charge on any atom is -0.378 e. The molecular formula is C18H17FN2O3. The lowest BCUT2D eigenvalue weighted by molar-refractivity contribution is 0.0303. The van der Waals surface area contributed by atoms with Crippen LogP contribution in [0, 0.1) is 5.82 Å². The number of carbonyl (C=O) groups excluding carboxylic acids is 2. The van der Waals surface area contributed by atoms with Crippen molar-refractivity contribution in [1.29, 1.82) is 0 Å². The number of anilines is 1. The Bertz CT molecular complexity index is 757. The Morgan fingerprint density at radius 3 is 2.29 bits per heavy atom. The van der Waals surface area contributed by atoms with Crippen LogP contribution in [-0.2, 0) is 4.74 Å². The van der Waals surface area contributed by atoms with Crippen LogP contribution in [0.15, 0.2) is 48.5 Å². The van der Waals surface area contributed by atoms with Gasteiger partial charge in [0, 0.05) is 13.1 Å². The molecule has 0 saturated carbocycles. The molecule has 2 aromatic carbocycles. The number of rotatable bonds is 3. The highest BCUT2D eigenvalue weighted by Gasteiger charge is 2.22. The van der Waals surface area contributed by atoms with E-state index in [1.54, 1.807) is 35.2 Å². The molecule has 1 N–H and O–H groups in total. The summed E-state index contributed by atoms with van der Waals surface area (Å²) in [6, 6.07) is 12.4. The van der Waals surface area contributed by atoms with Crippen LogP contribution < -0.4 is 5.32 Å². The van der Waals surface area contributed by atoms with Gasteiger partial charge in [-0.2, -0.15) is 0 Å². The maximum atomic E-state index is 13.7. The van der Waals surface area contributed by atoms with Gasteiger partial charge in [0.15, 0.2) is 0 Å². The van der Waals surface area contributed by atoms with Crippen molar-refractivity contribution in [3.05, 3.63) is 65.5 Å². The van der Waals surface area contributed by atoms with Crippen LogP contribution in [0.1, 0.15) is 20.7 Å². The van der Waals surface area contributed by atoms with Gasteiger partial charge in [-0.25, -0.2) is 4.39 Å². The van der Waals surface area contributed by atoms with Gasteiger partial charge in [-0.15, -0.1) is 0 Å². The average molecular weight is 328 g/mol. The molecular weight excluding hydrogens is 311 g/mol. The van der Waals surface area contributed by atoms with Crippen LogP contribution in [0.3, 0.4) is 0 Å².